The molecule has 0 unspecified atom stereocenters. The largest absolute Gasteiger partial charge is 0.334 e. The highest BCUT2D eigenvalue weighted by molar-refractivity contribution is 6.31. The quantitative estimate of drug-likeness (QED) is 0.878. The van der Waals surface area contributed by atoms with Crippen molar-refractivity contribution >= 4 is 23.3 Å². The van der Waals surface area contributed by atoms with Crippen molar-refractivity contribution in [2.75, 3.05) is 5.32 Å². The summed E-state index contributed by atoms with van der Waals surface area (Å²) < 4.78 is 13.4. The molecule has 0 aromatic heterocycles. The first-order valence-corrected chi connectivity index (χ1v) is 6.48. The van der Waals surface area contributed by atoms with Crippen LogP contribution in [0.1, 0.15) is 11.1 Å². The summed E-state index contributed by atoms with van der Waals surface area (Å²) in [7, 11) is 0. The van der Waals surface area contributed by atoms with Gasteiger partial charge in [-0.15, -0.1) is 0 Å². The van der Waals surface area contributed by atoms with Gasteiger partial charge in [-0.25, -0.2) is 9.18 Å². The second-order valence-electron chi connectivity index (χ2n) is 4.36. The van der Waals surface area contributed by atoms with Crippen LogP contribution < -0.4 is 10.6 Å². The van der Waals surface area contributed by atoms with E-state index in [1.54, 1.807) is 30.3 Å². The molecule has 3 nitrogen and oxygen atoms in total. The molecular weight excluding hydrogens is 279 g/mol. The van der Waals surface area contributed by atoms with Crippen molar-refractivity contribution in [2.24, 2.45) is 0 Å². The normalized spacial score (nSPS) is 10.2. The molecule has 0 heterocycles. The summed E-state index contributed by atoms with van der Waals surface area (Å²) in [5, 5.41) is 5.83. The lowest BCUT2D eigenvalue weighted by Crippen LogP contribution is -2.28. The summed E-state index contributed by atoms with van der Waals surface area (Å²) in [6, 6.07) is 11.1. The third-order valence-electron chi connectivity index (χ3n) is 2.85. The zero-order valence-electron chi connectivity index (χ0n) is 10.9. The molecule has 0 radical (unpaired) electrons. The predicted molar refractivity (Wildman–Crippen MR) is 78.4 cm³/mol. The Kier molecular flexibility index (Phi) is 4.58. The van der Waals surface area contributed by atoms with Crippen LogP contribution in [-0.2, 0) is 6.54 Å². The number of urea groups is 1. The second kappa shape index (κ2) is 6.39. The summed E-state index contributed by atoms with van der Waals surface area (Å²) in [5.41, 5.74) is 1.96. The van der Waals surface area contributed by atoms with Crippen LogP contribution in [0.4, 0.5) is 14.9 Å². The Labute approximate surface area is 121 Å². The van der Waals surface area contributed by atoms with Crippen molar-refractivity contribution in [3.05, 3.63) is 64.4 Å². The molecule has 2 aromatic carbocycles. The Balaban J connectivity index is 1.96. The Bertz CT molecular complexity index is 631. The topological polar surface area (TPSA) is 41.1 Å². The first kappa shape index (κ1) is 14.3. The smallest absolute Gasteiger partial charge is 0.319 e. The number of anilines is 1. The number of halogens is 2. The van der Waals surface area contributed by atoms with Gasteiger partial charge in [-0.2, -0.15) is 0 Å². The van der Waals surface area contributed by atoms with E-state index < -0.39 is 6.03 Å². The predicted octanol–water partition coefficient (Wildman–Crippen LogP) is 4.11. The fourth-order valence-corrected chi connectivity index (χ4v) is 1.88. The van der Waals surface area contributed by atoms with Crippen LogP contribution in [0, 0.1) is 12.7 Å². The summed E-state index contributed by atoms with van der Waals surface area (Å²) in [6.45, 7) is 1.99. The van der Waals surface area contributed by atoms with Crippen molar-refractivity contribution in [3.63, 3.8) is 0 Å². The van der Waals surface area contributed by atoms with Gasteiger partial charge in [-0.1, -0.05) is 35.9 Å². The SMILES string of the molecule is Cc1ccc(Cl)cc1NC(=O)NCc1ccccc1F. The Morgan fingerprint density at radius 2 is 2.00 bits per heavy atom. The third kappa shape index (κ3) is 3.71. The molecule has 2 aromatic rings. The van der Waals surface area contributed by atoms with Gasteiger partial charge in [0.1, 0.15) is 5.82 Å². The maximum absolute atomic E-state index is 13.4. The van der Waals surface area contributed by atoms with E-state index in [1.807, 2.05) is 13.0 Å². The van der Waals surface area contributed by atoms with Gasteiger partial charge in [0.05, 0.1) is 0 Å². The van der Waals surface area contributed by atoms with Gasteiger partial charge in [-0.3, -0.25) is 0 Å². The van der Waals surface area contributed by atoms with Crippen LogP contribution >= 0.6 is 11.6 Å². The van der Waals surface area contributed by atoms with Gasteiger partial charge in [0.25, 0.3) is 0 Å². The van der Waals surface area contributed by atoms with Gasteiger partial charge in [0.15, 0.2) is 0 Å². The summed E-state index contributed by atoms with van der Waals surface area (Å²) >= 11 is 5.87. The minimum Gasteiger partial charge on any atom is -0.334 e. The standard InChI is InChI=1S/C15H14ClFN2O/c1-10-6-7-12(16)8-14(10)19-15(20)18-9-11-4-2-3-5-13(11)17/h2-8H,9H2,1H3,(H2,18,19,20). The summed E-state index contributed by atoms with van der Waals surface area (Å²) in [5.74, 6) is -0.341. The maximum Gasteiger partial charge on any atom is 0.319 e. The number of carbonyl (C=O) groups excluding carboxylic acids is 1. The molecule has 2 rings (SSSR count). The van der Waals surface area contributed by atoms with Crippen LogP contribution in [0.2, 0.25) is 5.02 Å². The molecule has 5 heteroatoms. The van der Waals surface area contributed by atoms with Crippen LogP contribution in [0.5, 0.6) is 0 Å². The lowest BCUT2D eigenvalue weighted by atomic mass is 10.2. The average molecular weight is 293 g/mol. The molecule has 0 spiro atoms. The third-order valence-corrected chi connectivity index (χ3v) is 3.08. The van der Waals surface area contributed by atoms with Crippen molar-refractivity contribution < 1.29 is 9.18 Å². The van der Waals surface area contributed by atoms with Crippen molar-refractivity contribution in [1.82, 2.24) is 5.32 Å². The van der Waals surface area contributed by atoms with E-state index in [2.05, 4.69) is 10.6 Å². The van der Waals surface area contributed by atoms with Crippen LogP contribution in [0.15, 0.2) is 42.5 Å². The van der Waals surface area contributed by atoms with E-state index >= 15 is 0 Å². The number of aryl methyl sites for hydroxylation is 1. The van der Waals surface area contributed by atoms with Crippen LogP contribution in [0.3, 0.4) is 0 Å². The minimum atomic E-state index is -0.404. The van der Waals surface area contributed by atoms with E-state index in [1.165, 1.54) is 6.07 Å². The average Bonchev–Trinajstić information content (AvgIpc) is 2.42. The molecule has 0 aliphatic heterocycles. The molecule has 0 saturated heterocycles. The van der Waals surface area contributed by atoms with E-state index in [0.717, 1.165) is 5.56 Å². The zero-order valence-corrected chi connectivity index (χ0v) is 11.7. The van der Waals surface area contributed by atoms with Gasteiger partial charge >= 0.3 is 6.03 Å². The lowest BCUT2D eigenvalue weighted by molar-refractivity contribution is 0.251. The number of rotatable bonds is 3. The second-order valence-corrected chi connectivity index (χ2v) is 4.79. The van der Waals surface area contributed by atoms with E-state index in [0.29, 0.717) is 16.3 Å². The molecule has 104 valence electrons. The number of hydrogen-bond donors (Lipinski definition) is 2. The molecule has 0 aliphatic rings. The van der Waals surface area contributed by atoms with Gasteiger partial charge in [0.2, 0.25) is 0 Å². The Hall–Kier alpha value is -2.07. The molecule has 0 saturated carbocycles. The molecule has 0 bridgehead atoms. The van der Waals surface area contributed by atoms with Gasteiger partial charge in [-0.05, 0) is 30.7 Å². The first-order chi connectivity index (χ1) is 9.56. The minimum absolute atomic E-state index is 0.123. The van der Waals surface area contributed by atoms with E-state index in [-0.39, 0.29) is 12.4 Å². The van der Waals surface area contributed by atoms with Crippen LogP contribution in [-0.4, -0.2) is 6.03 Å². The highest BCUT2D eigenvalue weighted by atomic mass is 35.5. The lowest BCUT2D eigenvalue weighted by Gasteiger charge is -2.10. The maximum atomic E-state index is 13.4. The number of nitrogens with one attached hydrogen (secondary N) is 2. The van der Waals surface area contributed by atoms with Gasteiger partial charge in [0, 0.05) is 22.8 Å². The molecule has 2 amide bonds. The van der Waals surface area contributed by atoms with Gasteiger partial charge < -0.3 is 10.6 Å². The van der Waals surface area contributed by atoms with E-state index in [9.17, 15) is 9.18 Å². The molecule has 0 aliphatic carbocycles. The highest BCUT2D eigenvalue weighted by Crippen LogP contribution is 2.19. The van der Waals surface area contributed by atoms with Crippen LogP contribution in [0.25, 0.3) is 0 Å². The number of amides is 2. The molecular formula is C15H14ClFN2O. The summed E-state index contributed by atoms with van der Waals surface area (Å²) in [6.07, 6.45) is 0. The number of benzene rings is 2. The highest BCUT2D eigenvalue weighted by Gasteiger charge is 2.06. The summed E-state index contributed by atoms with van der Waals surface area (Å²) in [4.78, 5) is 11.8. The van der Waals surface area contributed by atoms with E-state index in [4.69, 9.17) is 11.6 Å². The molecule has 20 heavy (non-hydrogen) atoms. The number of hydrogen-bond acceptors (Lipinski definition) is 1. The zero-order chi connectivity index (χ0) is 14.5. The van der Waals surface area contributed by atoms with Crippen molar-refractivity contribution in [3.8, 4) is 0 Å². The molecule has 2 N–H and O–H groups in total. The number of carbonyl (C=O) groups is 1. The molecule has 0 fully saturated rings. The first-order valence-electron chi connectivity index (χ1n) is 6.10. The van der Waals surface area contributed by atoms with Crippen molar-refractivity contribution in [2.45, 2.75) is 13.5 Å². The van der Waals surface area contributed by atoms with Crippen molar-refractivity contribution in [1.29, 1.82) is 0 Å². The monoisotopic (exact) mass is 292 g/mol. The Morgan fingerprint density at radius 3 is 2.75 bits per heavy atom. The molecule has 0 atom stereocenters. The fourth-order valence-electron chi connectivity index (χ4n) is 1.71. The fraction of sp³-hybridized carbons (Fsp3) is 0.133. The Morgan fingerprint density at radius 1 is 1.25 bits per heavy atom.